The minimum Gasteiger partial charge on any atom is -0.355 e. The normalized spacial score (nSPS) is 22.0. The van der Waals surface area contributed by atoms with Gasteiger partial charge in [-0.15, -0.1) is 0 Å². The summed E-state index contributed by atoms with van der Waals surface area (Å²) in [5.74, 6) is 1.09. The second-order valence-corrected chi connectivity index (χ2v) is 4.88. The summed E-state index contributed by atoms with van der Waals surface area (Å²) in [6.07, 6.45) is 0. The van der Waals surface area contributed by atoms with Crippen LogP contribution < -0.4 is 5.32 Å². The lowest BCUT2D eigenvalue weighted by Gasteiger charge is -2.19. The van der Waals surface area contributed by atoms with Gasteiger partial charge in [0.25, 0.3) is 0 Å². The van der Waals surface area contributed by atoms with Crippen molar-refractivity contribution in [2.24, 2.45) is 0 Å². The fourth-order valence-electron chi connectivity index (χ4n) is 2.70. The van der Waals surface area contributed by atoms with E-state index in [2.05, 4.69) is 67.7 Å². The van der Waals surface area contributed by atoms with Crippen LogP contribution in [0.1, 0.15) is 36.8 Å². The first kappa shape index (κ1) is 10.4. The van der Waals surface area contributed by atoms with E-state index in [1.165, 1.54) is 22.5 Å². The molecule has 1 aliphatic rings. The number of anilines is 2. The summed E-state index contributed by atoms with van der Waals surface area (Å²) < 4.78 is 0. The Kier molecular flexibility index (Phi) is 2.40. The van der Waals surface area contributed by atoms with Crippen molar-refractivity contribution in [3.63, 3.8) is 0 Å². The van der Waals surface area contributed by atoms with Crippen molar-refractivity contribution in [2.45, 2.75) is 25.7 Å². The number of benzene rings is 2. The van der Waals surface area contributed by atoms with E-state index >= 15 is 0 Å². The van der Waals surface area contributed by atoms with E-state index in [9.17, 15) is 0 Å². The fourth-order valence-corrected chi connectivity index (χ4v) is 2.70. The largest absolute Gasteiger partial charge is 0.355 e. The van der Waals surface area contributed by atoms with Gasteiger partial charge in [-0.25, -0.2) is 0 Å². The predicted octanol–water partition coefficient (Wildman–Crippen LogP) is 4.65. The number of nitrogens with one attached hydrogen (secondary N) is 1. The van der Waals surface area contributed by atoms with Crippen molar-refractivity contribution < 1.29 is 0 Å². The number of hydrogen-bond acceptors (Lipinski definition) is 1. The Balaban J connectivity index is 2.20. The molecule has 0 spiro atoms. The van der Waals surface area contributed by atoms with Gasteiger partial charge in [-0.2, -0.15) is 0 Å². The summed E-state index contributed by atoms with van der Waals surface area (Å²) in [6.45, 7) is 4.63. The van der Waals surface area contributed by atoms with Crippen molar-refractivity contribution >= 4 is 11.4 Å². The van der Waals surface area contributed by atoms with Gasteiger partial charge in [0.2, 0.25) is 0 Å². The Bertz CT molecular complexity index is 495. The average molecular weight is 223 g/mol. The van der Waals surface area contributed by atoms with Gasteiger partial charge >= 0.3 is 0 Å². The molecule has 3 rings (SSSR count). The lowest BCUT2D eigenvalue weighted by atomic mass is 9.84. The second-order valence-electron chi connectivity index (χ2n) is 4.88. The van der Waals surface area contributed by atoms with Gasteiger partial charge in [-0.05, 0) is 35.1 Å². The molecule has 0 amide bonds. The van der Waals surface area contributed by atoms with Crippen molar-refractivity contribution in [1.82, 2.24) is 0 Å². The molecule has 0 fully saturated rings. The molecule has 17 heavy (non-hydrogen) atoms. The summed E-state index contributed by atoms with van der Waals surface area (Å²) in [4.78, 5) is 0. The van der Waals surface area contributed by atoms with Crippen LogP contribution in [0.2, 0.25) is 0 Å². The highest BCUT2D eigenvalue weighted by Gasteiger charge is 2.24. The highest BCUT2D eigenvalue weighted by atomic mass is 14.9. The quantitative estimate of drug-likeness (QED) is 0.685. The third-order valence-electron chi connectivity index (χ3n) is 3.92. The van der Waals surface area contributed by atoms with Crippen LogP contribution in [0.25, 0.3) is 0 Å². The van der Waals surface area contributed by atoms with Crippen molar-refractivity contribution in [1.29, 1.82) is 0 Å². The lowest BCUT2D eigenvalue weighted by molar-refractivity contribution is 0.631. The van der Waals surface area contributed by atoms with Gasteiger partial charge in [0, 0.05) is 11.4 Å². The van der Waals surface area contributed by atoms with Crippen LogP contribution in [0.4, 0.5) is 11.4 Å². The second kappa shape index (κ2) is 3.92. The Hall–Kier alpha value is -1.76. The SMILES string of the molecule is CC1c2ccccc2Nc2ccccc2C1C. The van der Waals surface area contributed by atoms with Crippen LogP contribution in [0.5, 0.6) is 0 Å². The van der Waals surface area contributed by atoms with Crippen LogP contribution in [0.3, 0.4) is 0 Å². The Morgan fingerprint density at radius 1 is 0.706 bits per heavy atom. The van der Waals surface area contributed by atoms with Crippen LogP contribution in [0.15, 0.2) is 48.5 Å². The lowest BCUT2D eigenvalue weighted by Crippen LogP contribution is -2.02. The molecule has 1 nitrogen and oxygen atoms in total. The van der Waals surface area contributed by atoms with Gasteiger partial charge in [-0.1, -0.05) is 50.2 Å². The third-order valence-corrected chi connectivity index (χ3v) is 3.92. The van der Waals surface area contributed by atoms with Crippen LogP contribution >= 0.6 is 0 Å². The van der Waals surface area contributed by atoms with Crippen molar-refractivity contribution in [3.8, 4) is 0 Å². The Morgan fingerprint density at radius 2 is 1.12 bits per heavy atom. The van der Waals surface area contributed by atoms with E-state index in [1.807, 2.05) is 0 Å². The summed E-state index contributed by atoms with van der Waals surface area (Å²) >= 11 is 0. The molecular formula is C16H17N. The molecule has 1 heteroatoms. The molecule has 2 unspecified atom stereocenters. The minimum absolute atomic E-state index is 0.544. The molecule has 1 heterocycles. The first-order chi connectivity index (χ1) is 8.27. The Labute approximate surface area is 102 Å². The molecule has 0 radical (unpaired) electrons. The molecule has 2 aromatic rings. The highest BCUT2D eigenvalue weighted by molar-refractivity contribution is 5.69. The zero-order valence-electron chi connectivity index (χ0n) is 10.3. The summed E-state index contributed by atoms with van der Waals surface area (Å²) in [5.41, 5.74) is 5.32. The van der Waals surface area contributed by atoms with Gasteiger partial charge in [0.05, 0.1) is 0 Å². The molecule has 2 atom stereocenters. The highest BCUT2D eigenvalue weighted by Crippen LogP contribution is 2.43. The monoisotopic (exact) mass is 223 g/mol. The van der Waals surface area contributed by atoms with E-state index in [1.54, 1.807) is 0 Å². The summed E-state index contributed by atoms with van der Waals surface area (Å²) in [6, 6.07) is 17.2. The zero-order valence-corrected chi connectivity index (χ0v) is 10.3. The summed E-state index contributed by atoms with van der Waals surface area (Å²) in [7, 11) is 0. The van der Waals surface area contributed by atoms with Crippen LogP contribution in [-0.4, -0.2) is 0 Å². The third kappa shape index (κ3) is 1.62. The fraction of sp³-hybridized carbons (Fsp3) is 0.250. The van der Waals surface area contributed by atoms with E-state index < -0.39 is 0 Å². The molecule has 86 valence electrons. The van der Waals surface area contributed by atoms with E-state index in [0.29, 0.717) is 11.8 Å². The first-order valence-corrected chi connectivity index (χ1v) is 6.22. The molecule has 1 aliphatic heterocycles. The molecule has 0 saturated carbocycles. The van der Waals surface area contributed by atoms with Crippen LogP contribution in [-0.2, 0) is 0 Å². The van der Waals surface area contributed by atoms with E-state index in [4.69, 9.17) is 0 Å². The Morgan fingerprint density at radius 3 is 1.59 bits per heavy atom. The van der Waals surface area contributed by atoms with Gasteiger partial charge in [-0.3, -0.25) is 0 Å². The summed E-state index contributed by atoms with van der Waals surface area (Å²) in [5, 5.41) is 3.56. The first-order valence-electron chi connectivity index (χ1n) is 6.22. The molecule has 0 aliphatic carbocycles. The molecule has 0 bridgehead atoms. The maximum absolute atomic E-state index is 3.56. The molecular weight excluding hydrogens is 206 g/mol. The van der Waals surface area contributed by atoms with Gasteiger partial charge in [0.1, 0.15) is 0 Å². The standard InChI is InChI=1S/C16H17N/c1-11-12(2)14-8-4-6-10-16(14)17-15-9-5-3-7-13(11)15/h3-12,17H,1-2H3. The van der Waals surface area contributed by atoms with Gasteiger partial charge in [0.15, 0.2) is 0 Å². The van der Waals surface area contributed by atoms with Gasteiger partial charge < -0.3 is 5.32 Å². The number of fused-ring (bicyclic) bond motifs is 2. The molecule has 0 saturated heterocycles. The van der Waals surface area contributed by atoms with Crippen LogP contribution in [0, 0.1) is 0 Å². The number of hydrogen-bond donors (Lipinski definition) is 1. The number of rotatable bonds is 0. The molecule has 2 aromatic carbocycles. The van der Waals surface area contributed by atoms with E-state index in [0.717, 1.165) is 0 Å². The minimum atomic E-state index is 0.544. The average Bonchev–Trinajstić information content (AvgIpc) is 2.48. The molecule has 0 aromatic heterocycles. The maximum Gasteiger partial charge on any atom is 0.0419 e. The van der Waals surface area contributed by atoms with Crippen molar-refractivity contribution in [2.75, 3.05) is 5.32 Å². The number of para-hydroxylation sites is 2. The van der Waals surface area contributed by atoms with Crippen molar-refractivity contribution in [3.05, 3.63) is 59.7 Å². The topological polar surface area (TPSA) is 12.0 Å². The predicted molar refractivity (Wildman–Crippen MR) is 73.0 cm³/mol. The van der Waals surface area contributed by atoms with E-state index in [-0.39, 0.29) is 0 Å². The maximum atomic E-state index is 3.56. The smallest absolute Gasteiger partial charge is 0.0419 e. The zero-order chi connectivity index (χ0) is 11.8. The molecule has 1 N–H and O–H groups in total.